The Labute approximate surface area is 176 Å². The maximum Gasteiger partial charge on any atom is 0.339 e. The third-order valence-corrected chi connectivity index (χ3v) is 3.56. The first-order chi connectivity index (χ1) is 14.7. The molecule has 9 heteroatoms. The van der Waals surface area contributed by atoms with Gasteiger partial charge in [0.05, 0.1) is 77.2 Å². The number of esters is 1. The number of carboxylic acids is 1. The highest BCUT2D eigenvalue weighted by molar-refractivity contribution is 6.02. The van der Waals surface area contributed by atoms with Crippen LogP contribution < -0.4 is 0 Å². The van der Waals surface area contributed by atoms with Gasteiger partial charge >= 0.3 is 11.9 Å². The van der Waals surface area contributed by atoms with Crippen molar-refractivity contribution in [3.05, 3.63) is 48.0 Å². The Bertz CT molecular complexity index is 618. The fourth-order valence-corrected chi connectivity index (χ4v) is 2.16. The first kappa shape index (κ1) is 25.7. The SMILES string of the molecule is C=CCOCCOCCOCCOCCOCCOC(=O)c1ccccc1C(=O)O. The quantitative estimate of drug-likeness (QED) is 0.201. The molecular weight excluding hydrogens is 396 g/mol. The summed E-state index contributed by atoms with van der Waals surface area (Å²) in [6, 6.07) is 5.89. The van der Waals surface area contributed by atoms with Crippen molar-refractivity contribution in [3.8, 4) is 0 Å². The number of carbonyl (C=O) groups is 2. The van der Waals surface area contributed by atoms with E-state index in [9.17, 15) is 9.59 Å². The van der Waals surface area contributed by atoms with Crippen molar-refractivity contribution in [2.24, 2.45) is 0 Å². The number of rotatable bonds is 19. The van der Waals surface area contributed by atoms with Gasteiger partial charge in [0.25, 0.3) is 0 Å². The van der Waals surface area contributed by atoms with Gasteiger partial charge in [0.1, 0.15) is 6.61 Å². The number of carboxylic acid groups (broad SMARTS) is 1. The third-order valence-electron chi connectivity index (χ3n) is 3.56. The van der Waals surface area contributed by atoms with E-state index in [0.29, 0.717) is 59.5 Å². The van der Waals surface area contributed by atoms with Gasteiger partial charge in [-0.3, -0.25) is 0 Å². The molecule has 1 rings (SSSR count). The van der Waals surface area contributed by atoms with E-state index in [4.69, 9.17) is 33.5 Å². The monoisotopic (exact) mass is 426 g/mol. The van der Waals surface area contributed by atoms with Crippen molar-refractivity contribution >= 4 is 11.9 Å². The molecule has 0 radical (unpaired) electrons. The minimum absolute atomic E-state index is 0.0137. The molecule has 0 aliphatic heterocycles. The molecule has 0 bridgehead atoms. The number of hydrogen-bond acceptors (Lipinski definition) is 8. The molecule has 0 saturated heterocycles. The van der Waals surface area contributed by atoms with Gasteiger partial charge in [-0.05, 0) is 12.1 Å². The van der Waals surface area contributed by atoms with Gasteiger partial charge in [-0.15, -0.1) is 6.58 Å². The van der Waals surface area contributed by atoms with Crippen molar-refractivity contribution in [1.29, 1.82) is 0 Å². The standard InChI is InChI=1S/C21H30O9/c1-2-7-25-8-9-26-10-11-27-12-13-28-14-15-29-16-17-30-21(24)19-6-4-3-5-18(19)20(22)23/h2-6H,1,7-17H2,(H,22,23). The first-order valence-electron chi connectivity index (χ1n) is 9.66. The summed E-state index contributed by atoms with van der Waals surface area (Å²) < 4.78 is 31.5. The van der Waals surface area contributed by atoms with Gasteiger partial charge in [0, 0.05) is 0 Å². The highest BCUT2D eigenvalue weighted by Crippen LogP contribution is 2.10. The summed E-state index contributed by atoms with van der Waals surface area (Å²) in [5, 5.41) is 9.07. The minimum atomic E-state index is -1.18. The number of hydrogen-bond donors (Lipinski definition) is 1. The smallest absolute Gasteiger partial charge is 0.339 e. The van der Waals surface area contributed by atoms with Crippen molar-refractivity contribution in [2.45, 2.75) is 0 Å². The molecule has 0 aliphatic carbocycles. The predicted molar refractivity (Wildman–Crippen MR) is 108 cm³/mol. The van der Waals surface area contributed by atoms with Crippen LogP contribution in [0.5, 0.6) is 0 Å². The number of aromatic carboxylic acids is 1. The second kappa shape index (κ2) is 17.5. The van der Waals surface area contributed by atoms with E-state index in [1.807, 2.05) is 0 Å². The van der Waals surface area contributed by atoms with Crippen LogP contribution in [-0.4, -0.2) is 89.7 Å². The summed E-state index contributed by atoms with van der Waals surface area (Å²) in [4.78, 5) is 23.0. The molecule has 168 valence electrons. The molecule has 0 heterocycles. The van der Waals surface area contributed by atoms with Gasteiger partial charge in [0.15, 0.2) is 0 Å². The lowest BCUT2D eigenvalue weighted by molar-refractivity contribution is -0.0140. The summed E-state index contributed by atoms with van der Waals surface area (Å²) in [5.41, 5.74) is -0.0807. The van der Waals surface area contributed by atoms with E-state index < -0.39 is 11.9 Å². The topological polar surface area (TPSA) is 110 Å². The molecule has 0 saturated carbocycles. The zero-order chi connectivity index (χ0) is 21.9. The normalized spacial score (nSPS) is 10.7. The fourth-order valence-electron chi connectivity index (χ4n) is 2.16. The summed E-state index contributed by atoms with van der Waals surface area (Å²) >= 11 is 0. The molecule has 1 aromatic carbocycles. The van der Waals surface area contributed by atoms with Gasteiger partial charge < -0.3 is 33.5 Å². The van der Waals surface area contributed by atoms with Crippen LogP contribution in [0, 0.1) is 0 Å². The molecule has 0 aromatic heterocycles. The average Bonchev–Trinajstić information content (AvgIpc) is 2.75. The largest absolute Gasteiger partial charge is 0.478 e. The second-order valence-electron chi connectivity index (χ2n) is 5.80. The Morgan fingerprint density at radius 2 is 1.17 bits per heavy atom. The van der Waals surface area contributed by atoms with Crippen molar-refractivity contribution in [1.82, 2.24) is 0 Å². The van der Waals surface area contributed by atoms with Crippen molar-refractivity contribution in [2.75, 3.05) is 72.7 Å². The van der Waals surface area contributed by atoms with E-state index in [1.165, 1.54) is 12.1 Å². The minimum Gasteiger partial charge on any atom is -0.478 e. The average molecular weight is 426 g/mol. The van der Waals surface area contributed by atoms with Crippen LogP contribution in [0.25, 0.3) is 0 Å². The van der Waals surface area contributed by atoms with Crippen LogP contribution in [-0.2, 0) is 28.4 Å². The molecule has 0 unspecified atom stereocenters. The summed E-state index contributed by atoms with van der Waals surface area (Å²) in [5.74, 6) is -1.88. The van der Waals surface area contributed by atoms with Crippen LogP contribution in [0.3, 0.4) is 0 Å². The van der Waals surface area contributed by atoms with Crippen LogP contribution in [0.4, 0.5) is 0 Å². The van der Waals surface area contributed by atoms with Crippen LogP contribution in [0.15, 0.2) is 36.9 Å². The predicted octanol–water partition coefficient (Wildman–Crippen LogP) is 1.81. The Kier molecular flexibility index (Phi) is 15.1. The molecule has 0 amide bonds. The van der Waals surface area contributed by atoms with E-state index in [2.05, 4.69) is 6.58 Å². The van der Waals surface area contributed by atoms with Crippen LogP contribution in [0.2, 0.25) is 0 Å². The molecule has 1 aromatic rings. The lowest BCUT2D eigenvalue weighted by Gasteiger charge is -2.09. The van der Waals surface area contributed by atoms with Gasteiger partial charge in [-0.25, -0.2) is 9.59 Å². The highest BCUT2D eigenvalue weighted by Gasteiger charge is 2.16. The van der Waals surface area contributed by atoms with Gasteiger partial charge in [-0.1, -0.05) is 18.2 Å². The number of ether oxygens (including phenoxy) is 6. The molecule has 0 atom stereocenters. The molecular formula is C21H30O9. The molecule has 0 spiro atoms. The lowest BCUT2D eigenvalue weighted by Crippen LogP contribution is -2.16. The van der Waals surface area contributed by atoms with E-state index in [0.717, 1.165) is 0 Å². The lowest BCUT2D eigenvalue weighted by atomic mass is 10.1. The second-order valence-corrected chi connectivity index (χ2v) is 5.80. The Hall–Kier alpha value is -2.30. The molecule has 0 fully saturated rings. The molecule has 30 heavy (non-hydrogen) atoms. The summed E-state index contributed by atoms with van der Waals surface area (Å²) in [6.07, 6.45) is 1.69. The zero-order valence-electron chi connectivity index (χ0n) is 17.1. The number of benzene rings is 1. The van der Waals surface area contributed by atoms with E-state index >= 15 is 0 Å². The molecule has 1 N–H and O–H groups in total. The highest BCUT2D eigenvalue weighted by atomic mass is 16.6. The van der Waals surface area contributed by atoms with Crippen LogP contribution in [0.1, 0.15) is 20.7 Å². The van der Waals surface area contributed by atoms with E-state index in [-0.39, 0.29) is 24.3 Å². The maximum atomic E-state index is 11.9. The Balaban J connectivity index is 1.90. The van der Waals surface area contributed by atoms with Gasteiger partial charge in [-0.2, -0.15) is 0 Å². The maximum absolute atomic E-state index is 11.9. The van der Waals surface area contributed by atoms with Gasteiger partial charge in [0.2, 0.25) is 0 Å². The van der Waals surface area contributed by atoms with E-state index in [1.54, 1.807) is 18.2 Å². The number of carbonyl (C=O) groups excluding carboxylic acids is 1. The van der Waals surface area contributed by atoms with Crippen LogP contribution >= 0.6 is 0 Å². The van der Waals surface area contributed by atoms with Crippen molar-refractivity contribution in [3.63, 3.8) is 0 Å². The Morgan fingerprint density at radius 1 is 0.733 bits per heavy atom. The Morgan fingerprint density at radius 3 is 1.63 bits per heavy atom. The summed E-state index contributed by atoms with van der Waals surface area (Å²) in [7, 11) is 0. The van der Waals surface area contributed by atoms with Crippen molar-refractivity contribution < 1.29 is 43.1 Å². The first-order valence-corrected chi connectivity index (χ1v) is 9.66. The zero-order valence-corrected chi connectivity index (χ0v) is 17.1. The fraction of sp³-hybridized carbons (Fsp3) is 0.524. The third kappa shape index (κ3) is 12.3. The summed E-state index contributed by atoms with van der Waals surface area (Å²) in [6.45, 7) is 7.94. The molecule has 0 aliphatic rings. The molecule has 9 nitrogen and oxygen atoms in total.